The third kappa shape index (κ3) is 2.17. The average molecular weight is 231 g/mol. The van der Waals surface area contributed by atoms with E-state index >= 15 is 0 Å². The lowest BCUT2D eigenvalue weighted by molar-refractivity contribution is 0.586. The topological polar surface area (TPSA) is 12.9 Å². The Bertz CT molecular complexity index is 491. The van der Waals surface area contributed by atoms with Gasteiger partial charge < -0.3 is 0 Å². The molecular weight excluding hydrogens is 214 g/mol. The number of rotatable bonds is 1. The second kappa shape index (κ2) is 4.02. The molecule has 16 heavy (non-hydrogen) atoms. The van der Waals surface area contributed by atoms with E-state index in [4.69, 9.17) is 4.98 Å². The Morgan fingerprint density at radius 3 is 2.38 bits per heavy atom. The Morgan fingerprint density at radius 1 is 1.12 bits per heavy atom. The van der Waals surface area contributed by atoms with E-state index in [9.17, 15) is 0 Å². The molecule has 2 aromatic rings. The Kier molecular flexibility index (Phi) is 2.85. The first-order chi connectivity index (χ1) is 7.48. The zero-order valence-electron chi connectivity index (χ0n) is 10.2. The molecule has 0 saturated carbocycles. The van der Waals surface area contributed by atoms with Crippen molar-refractivity contribution in [2.75, 3.05) is 0 Å². The number of hydrogen-bond donors (Lipinski definition) is 0. The summed E-state index contributed by atoms with van der Waals surface area (Å²) in [6.45, 7) is 8.74. The lowest BCUT2D eigenvalue weighted by atomic mass is 9.98. The van der Waals surface area contributed by atoms with E-state index in [1.54, 1.807) is 11.3 Å². The van der Waals surface area contributed by atoms with Gasteiger partial charge in [-0.2, -0.15) is 0 Å². The summed E-state index contributed by atoms with van der Waals surface area (Å²) in [4.78, 5) is 4.73. The Morgan fingerprint density at radius 2 is 1.81 bits per heavy atom. The summed E-state index contributed by atoms with van der Waals surface area (Å²) < 4.78 is 0. The molecule has 0 amide bonds. The van der Waals surface area contributed by atoms with Crippen molar-refractivity contribution in [1.29, 1.82) is 0 Å². The Labute approximate surface area is 101 Å². The van der Waals surface area contributed by atoms with E-state index in [1.807, 2.05) is 0 Å². The molecule has 0 N–H and O–H groups in total. The molecule has 0 unspecified atom stereocenters. The predicted molar refractivity (Wildman–Crippen MR) is 71.0 cm³/mol. The molecule has 0 spiro atoms. The lowest BCUT2D eigenvalue weighted by Crippen LogP contribution is -2.10. The first-order valence-electron chi connectivity index (χ1n) is 5.50. The van der Waals surface area contributed by atoms with Crippen LogP contribution in [0.5, 0.6) is 0 Å². The number of nitrogens with zero attached hydrogens (tertiary/aromatic N) is 1. The monoisotopic (exact) mass is 231 g/mol. The molecule has 0 bridgehead atoms. The fourth-order valence-electron chi connectivity index (χ4n) is 1.60. The van der Waals surface area contributed by atoms with Crippen molar-refractivity contribution in [2.45, 2.75) is 33.1 Å². The zero-order valence-corrected chi connectivity index (χ0v) is 11.1. The largest absolute Gasteiger partial charge is 0.241 e. The number of hydrogen-bond acceptors (Lipinski definition) is 2. The van der Waals surface area contributed by atoms with Crippen LogP contribution >= 0.6 is 11.3 Å². The van der Waals surface area contributed by atoms with Gasteiger partial charge in [0.1, 0.15) is 0 Å². The van der Waals surface area contributed by atoms with Crippen molar-refractivity contribution >= 4 is 11.3 Å². The number of aryl methyl sites for hydroxylation is 1. The average Bonchev–Trinajstić information content (AvgIpc) is 2.66. The van der Waals surface area contributed by atoms with Crippen LogP contribution in [-0.2, 0) is 5.41 Å². The molecule has 0 saturated heterocycles. The van der Waals surface area contributed by atoms with Crippen LogP contribution in [0.1, 0.15) is 31.3 Å². The first kappa shape index (κ1) is 11.3. The minimum Gasteiger partial charge on any atom is -0.241 e. The van der Waals surface area contributed by atoms with Crippen molar-refractivity contribution < 1.29 is 0 Å². The number of benzene rings is 1. The molecule has 0 atom stereocenters. The van der Waals surface area contributed by atoms with E-state index in [1.165, 1.54) is 16.1 Å². The maximum atomic E-state index is 4.73. The molecule has 0 radical (unpaired) electrons. The predicted octanol–water partition coefficient (Wildman–Crippen LogP) is 4.42. The highest BCUT2D eigenvalue weighted by atomic mass is 32.1. The summed E-state index contributed by atoms with van der Waals surface area (Å²) in [5.41, 5.74) is 3.78. The summed E-state index contributed by atoms with van der Waals surface area (Å²) in [7, 11) is 0. The van der Waals surface area contributed by atoms with E-state index in [0.717, 1.165) is 5.69 Å². The van der Waals surface area contributed by atoms with Crippen LogP contribution in [0.2, 0.25) is 0 Å². The number of thiazole rings is 1. The van der Waals surface area contributed by atoms with Crippen molar-refractivity contribution in [3.8, 4) is 11.3 Å². The summed E-state index contributed by atoms with van der Waals surface area (Å²) in [6, 6.07) is 8.40. The highest BCUT2D eigenvalue weighted by molar-refractivity contribution is 7.10. The molecule has 0 fully saturated rings. The second-order valence-electron chi connectivity index (χ2n) is 5.10. The second-order valence-corrected chi connectivity index (χ2v) is 5.96. The van der Waals surface area contributed by atoms with Gasteiger partial charge in [-0.05, 0) is 12.5 Å². The molecule has 1 nitrogen and oxygen atoms in total. The van der Waals surface area contributed by atoms with Gasteiger partial charge >= 0.3 is 0 Å². The third-order valence-electron chi connectivity index (χ3n) is 2.57. The van der Waals surface area contributed by atoms with Crippen LogP contribution in [0.15, 0.2) is 29.6 Å². The summed E-state index contributed by atoms with van der Waals surface area (Å²) in [5.74, 6) is 0. The van der Waals surface area contributed by atoms with Crippen LogP contribution in [0.4, 0.5) is 0 Å². The molecule has 1 aromatic heterocycles. The van der Waals surface area contributed by atoms with Gasteiger partial charge in [0.05, 0.1) is 10.7 Å². The molecule has 84 valence electrons. The molecule has 1 heterocycles. The normalized spacial score (nSPS) is 11.8. The van der Waals surface area contributed by atoms with Crippen molar-refractivity contribution in [1.82, 2.24) is 4.98 Å². The van der Waals surface area contributed by atoms with E-state index < -0.39 is 0 Å². The summed E-state index contributed by atoms with van der Waals surface area (Å²) in [6.07, 6.45) is 0. The highest BCUT2D eigenvalue weighted by Crippen LogP contribution is 2.30. The smallest absolute Gasteiger partial charge is 0.0986 e. The molecule has 2 heteroatoms. The van der Waals surface area contributed by atoms with Crippen molar-refractivity contribution in [3.63, 3.8) is 0 Å². The lowest BCUT2D eigenvalue weighted by Gasteiger charge is -2.13. The standard InChI is InChI=1S/C14H17NS/c1-10-7-5-6-8-11(10)12-9-16-13(15-12)14(2,3)4/h5-9H,1-4H3. The summed E-state index contributed by atoms with van der Waals surface area (Å²) in [5, 5.41) is 3.36. The van der Waals surface area contributed by atoms with Crippen molar-refractivity contribution in [3.05, 3.63) is 40.2 Å². The Hall–Kier alpha value is -1.15. The van der Waals surface area contributed by atoms with Gasteiger partial charge in [-0.15, -0.1) is 11.3 Å². The van der Waals surface area contributed by atoms with Gasteiger partial charge in [-0.3, -0.25) is 0 Å². The summed E-state index contributed by atoms with van der Waals surface area (Å²) >= 11 is 1.75. The molecule has 2 rings (SSSR count). The van der Waals surface area contributed by atoms with Crippen LogP contribution < -0.4 is 0 Å². The zero-order chi connectivity index (χ0) is 11.8. The van der Waals surface area contributed by atoms with Gasteiger partial charge in [0, 0.05) is 16.4 Å². The van der Waals surface area contributed by atoms with E-state index in [0.29, 0.717) is 0 Å². The van der Waals surface area contributed by atoms with Gasteiger partial charge in [-0.25, -0.2) is 4.98 Å². The minimum absolute atomic E-state index is 0.144. The SMILES string of the molecule is Cc1ccccc1-c1csc(C(C)(C)C)n1. The van der Waals surface area contributed by atoms with E-state index in [-0.39, 0.29) is 5.41 Å². The maximum Gasteiger partial charge on any atom is 0.0986 e. The third-order valence-corrected chi connectivity index (χ3v) is 3.83. The van der Waals surface area contributed by atoms with E-state index in [2.05, 4.69) is 57.3 Å². The van der Waals surface area contributed by atoms with Crippen molar-refractivity contribution in [2.24, 2.45) is 0 Å². The molecule has 1 aromatic carbocycles. The highest BCUT2D eigenvalue weighted by Gasteiger charge is 2.18. The van der Waals surface area contributed by atoms with Crippen LogP contribution in [0.25, 0.3) is 11.3 Å². The maximum absolute atomic E-state index is 4.73. The first-order valence-corrected chi connectivity index (χ1v) is 6.38. The van der Waals surface area contributed by atoms with Gasteiger partial charge in [0.15, 0.2) is 0 Å². The fourth-order valence-corrected chi connectivity index (χ4v) is 2.51. The fraction of sp³-hybridized carbons (Fsp3) is 0.357. The van der Waals surface area contributed by atoms with Gasteiger partial charge in [-0.1, -0.05) is 45.0 Å². The number of aromatic nitrogens is 1. The van der Waals surface area contributed by atoms with Crippen LogP contribution in [0, 0.1) is 6.92 Å². The van der Waals surface area contributed by atoms with Gasteiger partial charge in [0.25, 0.3) is 0 Å². The Balaban J connectivity index is 2.44. The molecular formula is C14H17NS. The van der Waals surface area contributed by atoms with Crippen LogP contribution in [-0.4, -0.2) is 4.98 Å². The van der Waals surface area contributed by atoms with Gasteiger partial charge in [0.2, 0.25) is 0 Å². The minimum atomic E-state index is 0.144. The molecule has 0 aliphatic rings. The van der Waals surface area contributed by atoms with Crippen LogP contribution in [0.3, 0.4) is 0 Å². The quantitative estimate of drug-likeness (QED) is 0.708. The molecule has 0 aliphatic heterocycles. The molecule has 0 aliphatic carbocycles.